The van der Waals surface area contributed by atoms with Crippen LogP contribution in [0.5, 0.6) is 0 Å². The Morgan fingerprint density at radius 2 is 1.83 bits per heavy atom. The average molecular weight is 487 g/mol. The third-order valence-corrected chi connectivity index (χ3v) is 8.15. The Balaban J connectivity index is 1.17. The summed E-state index contributed by atoms with van der Waals surface area (Å²) < 4.78 is 0. The molecule has 1 aliphatic heterocycles. The fourth-order valence-electron chi connectivity index (χ4n) is 4.81. The fourth-order valence-corrected chi connectivity index (χ4v) is 5.78. The van der Waals surface area contributed by atoms with Gasteiger partial charge in [0.25, 0.3) is 5.91 Å². The van der Waals surface area contributed by atoms with Crippen LogP contribution in [0, 0.1) is 0 Å². The third-order valence-electron chi connectivity index (χ3n) is 7.14. The maximum absolute atomic E-state index is 13.1. The van der Waals surface area contributed by atoms with Crippen LogP contribution < -0.4 is 0 Å². The van der Waals surface area contributed by atoms with Crippen molar-refractivity contribution < 1.29 is 9.59 Å². The van der Waals surface area contributed by atoms with E-state index in [1.807, 2.05) is 79.0 Å². The van der Waals surface area contributed by atoms with Crippen molar-refractivity contribution in [3.05, 3.63) is 88.0 Å². The number of nitrogens with zero attached hydrogens (tertiary/aromatic N) is 3. The minimum Gasteiger partial charge on any atom is -0.361 e. The molecule has 0 spiro atoms. The standard InChI is InChI=1S/C28H30N4O2S/c1-19(20-8-4-3-5-9-20)31(2)28(34)25-18-35-27(30-25)21-12-14-32(15-13-21)26(33)16-22-17-29-24-11-7-6-10-23(22)24/h3-11,17-19,21,29H,12-16H2,1-2H3. The summed E-state index contributed by atoms with van der Waals surface area (Å²) in [6.07, 6.45) is 4.10. The molecule has 0 aliphatic carbocycles. The number of thiazole rings is 1. The van der Waals surface area contributed by atoms with Gasteiger partial charge in [0.1, 0.15) is 5.69 Å². The molecule has 35 heavy (non-hydrogen) atoms. The van der Waals surface area contributed by atoms with Crippen molar-refractivity contribution in [2.45, 2.75) is 38.1 Å². The van der Waals surface area contributed by atoms with E-state index in [0.717, 1.165) is 53.0 Å². The van der Waals surface area contributed by atoms with Gasteiger partial charge in [0.05, 0.1) is 17.5 Å². The normalized spacial score (nSPS) is 15.3. The number of aromatic amines is 1. The summed E-state index contributed by atoms with van der Waals surface area (Å²) in [4.78, 5) is 37.7. The van der Waals surface area contributed by atoms with Crippen LogP contribution >= 0.6 is 11.3 Å². The van der Waals surface area contributed by atoms with E-state index in [0.29, 0.717) is 12.1 Å². The first kappa shape index (κ1) is 23.3. The van der Waals surface area contributed by atoms with Crippen molar-refractivity contribution in [1.82, 2.24) is 19.8 Å². The van der Waals surface area contributed by atoms with Gasteiger partial charge < -0.3 is 14.8 Å². The van der Waals surface area contributed by atoms with Crippen LogP contribution in [0.2, 0.25) is 0 Å². The van der Waals surface area contributed by atoms with Crippen molar-refractivity contribution >= 4 is 34.1 Å². The number of nitrogens with one attached hydrogen (secondary N) is 1. The largest absolute Gasteiger partial charge is 0.361 e. The van der Waals surface area contributed by atoms with E-state index in [1.54, 1.807) is 16.2 Å². The van der Waals surface area contributed by atoms with E-state index < -0.39 is 0 Å². The molecule has 2 aromatic heterocycles. The Morgan fingerprint density at radius 1 is 1.11 bits per heavy atom. The number of likely N-dealkylation sites (tertiary alicyclic amines) is 1. The number of hydrogen-bond acceptors (Lipinski definition) is 4. The Kier molecular flexibility index (Phi) is 6.68. The van der Waals surface area contributed by atoms with Gasteiger partial charge in [-0.05, 0) is 37.0 Å². The van der Waals surface area contributed by atoms with Crippen LogP contribution in [0.1, 0.15) is 58.3 Å². The molecule has 5 rings (SSSR count). The number of rotatable bonds is 6. The van der Waals surface area contributed by atoms with Crippen molar-refractivity contribution in [1.29, 1.82) is 0 Å². The summed E-state index contributed by atoms with van der Waals surface area (Å²) in [5.74, 6) is 0.394. The molecule has 4 aromatic rings. The number of amides is 2. The molecule has 1 unspecified atom stereocenters. The molecule has 7 heteroatoms. The molecule has 0 radical (unpaired) electrons. The molecule has 2 aromatic carbocycles. The summed E-state index contributed by atoms with van der Waals surface area (Å²) in [7, 11) is 1.83. The van der Waals surface area contributed by atoms with Gasteiger partial charge in [-0.15, -0.1) is 11.3 Å². The van der Waals surface area contributed by atoms with Crippen molar-refractivity contribution in [3.8, 4) is 0 Å². The van der Waals surface area contributed by atoms with Gasteiger partial charge in [-0.25, -0.2) is 4.98 Å². The lowest BCUT2D eigenvalue weighted by Crippen LogP contribution is -2.38. The number of para-hydroxylation sites is 1. The Labute approximate surface area is 209 Å². The maximum Gasteiger partial charge on any atom is 0.273 e. The number of benzene rings is 2. The van der Waals surface area contributed by atoms with Crippen LogP contribution in [0.4, 0.5) is 0 Å². The Hall–Kier alpha value is -3.45. The predicted molar refractivity (Wildman–Crippen MR) is 140 cm³/mol. The molecule has 1 aliphatic rings. The smallest absolute Gasteiger partial charge is 0.273 e. The molecule has 2 amide bonds. The number of aromatic nitrogens is 2. The first-order chi connectivity index (χ1) is 17.0. The van der Waals surface area contributed by atoms with Crippen molar-refractivity contribution in [3.63, 3.8) is 0 Å². The predicted octanol–water partition coefficient (Wildman–Crippen LogP) is 5.41. The zero-order valence-corrected chi connectivity index (χ0v) is 20.9. The van der Waals surface area contributed by atoms with E-state index in [-0.39, 0.29) is 23.8 Å². The summed E-state index contributed by atoms with van der Waals surface area (Å²) in [5, 5.41) is 3.99. The summed E-state index contributed by atoms with van der Waals surface area (Å²) >= 11 is 1.56. The molecule has 6 nitrogen and oxygen atoms in total. The number of carbonyl (C=O) groups excluding carboxylic acids is 2. The SMILES string of the molecule is CC(c1ccccc1)N(C)C(=O)c1csc(C2CCN(C(=O)Cc3c[nH]c4ccccc34)CC2)n1. The zero-order chi connectivity index (χ0) is 24.4. The first-order valence-corrected chi connectivity index (χ1v) is 13.0. The lowest BCUT2D eigenvalue weighted by molar-refractivity contribution is -0.131. The van der Waals surface area contributed by atoms with Gasteiger partial charge in [-0.2, -0.15) is 0 Å². The number of H-pyrrole nitrogens is 1. The molecule has 180 valence electrons. The van der Waals surface area contributed by atoms with E-state index in [2.05, 4.69) is 11.1 Å². The highest BCUT2D eigenvalue weighted by Crippen LogP contribution is 2.31. The van der Waals surface area contributed by atoms with Gasteiger partial charge in [-0.3, -0.25) is 9.59 Å². The van der Waals surface area contributed by atoms with Crippen LogP contribution in [0.15, 0.2) is 66.2 Å². The number of hydrogen-bond donors (Lipinski definition) is 1. The van der Waals surface area contributed by atoms with Crippen molar-refractivity contribution in [2.75, 3.05) is 20.1 Å². The molecule has 1 fully saturated rings. The topological polar surface area (TPSA) is 69.3 Å². The van der Waals surface area contributed by atoms with Gasteiger partial charge >= 0.3 is 0 Å². The molecule has 1 N–H and O–H groups in total. The molecular formula is C28H30N4O2S. The second kappa shape index (κ2) is 10.0. The average Bonchev–Trinajstić information content (AvgIpc) is 3.56. The van der Waals surface area contributed by atoms with Crippen molar-refractivity contribution in [2.24, 2.45) is 0 Å². The lowest BCUT2D eigenvalue weighted by Gasteiger charge is -2.31. The van der Waals surface area contributed by atoms with Gasteiger partial charge in [-0.1, -0.05) is 48.5 Å². The second-order valence-corrected chi connectivity index (χ2v) is 10.2. The van der Waals surface area contributed by atoms with Crippen LogP contribution in [0.3, 0.4) is 0 Å². The van der Waals surface area contributed by atoms with Crippen LogP contribution in [-0.4, -0.2) is 51.7 Å². The highest BCUT2D eigenvalue weighted by atomic mass is 32.1. The molecule has 0 saturated carbocycles. The summed E-state index contributed by atoms with van der Waals surface area (Å²) in [6, 6.07) is 18.1. The number of piperidine rings is 1. The van der Waals surface area contributed by atoms with E-state index in [1.165, 1.54) is 0 Å². The minimum atomic E-state index is -0.0600. The zero-order valence-electron chi connectivity index (χ0n) is 20.1. The molecule has 0 bridgehead atoms. The second-order valence-electron chi connectivity index (χ2n) is 9.27. The number of fused-ring (bicyclic) bond motifs is 1. The van der Waals surface area contributed by atoms with E-state index in [4.69, 9.17) is 4.98 Å². The molecule has 3 heterocycles. The highest BCUT2D eigenvalue weighted by molar-refractivity contribution is 7.09. The molecule has 1 saturated heterocycles. The third kappa shape index (κ3) is 4.86. The van der Waals surface area contributed by atoms with E-state index in [9.17, 15) is 9.59 Å². The maximum atomic E-state index is 13.1. The minimum absolute atomic E-state index is 0.0275. The quantitative estimate of drug-likeness (QED) is 0.396. The van der Waals surface area contributed by atoms with Gasteiger partial charge in [0.15, 0.2) is 0 Å². The Bertz CT molecular complexity index is 1320. The summed E-state index contributed by atoms with van der Waals surface area (Å²) in [6.45, 7) is 3.48. The summed E-state index contributed by atoms with van der Waals surface area (Å²) in [5.41, 5.74) is 3.72. The highest BCUT2D eigenvalue weighted by Gasteiger charge is 2.28. The first-order valence-electron chi connectivity index (χ1n) is 12.1. The number of carbonyl (C=O) groups is 2. The van der Waals surface area contributed by atoms with Crippen LogP contribution in [0.25, 0.3) is 10.9 Å². The molecule has 1 atom stereocenters. The van der Waals surface area contributed by atoms with Gasteiger partial charge in [0.2, 0.25) is 5.91 Å². The van der Waals surface area contributed by atoms with E-state index >= 15 is 0 Å². The Morgan fingerprint density at radius 3 is 2.60 bits per heavy atom. The molecular weight excluding hydrogens is 456 g/mol. The fraction of sp³-hybridized carbons (Fsp3) is 0.321. The lowest BCUT2D eigenvalue weighted by atomic mass is 9.97. The monoisotopic (exact) mass is 486 g/mol. The van der Waals surface area contributed by atoms with Crippen LogP contribution in [-0.2, 0) is 11.2 Å². The van der Waals surface area contributed by atoms with Gasteiger partial charge in [0, 0.05) is 48.5 Å².